The van der Waals surface area contributed by atoms with E-state index in [2.05, 4.69) is 35.0 Å². The Balaban J connectivity index is 1.59. The second-order valence-corrected chi connectivity index (χ2v) is 6.60. The molecular formula is C22H27N3O. The molecule has 26 heavy (non-hydrogen) atoms. The quantitative estimate of drug-likeness (QED) is 0.574. The highest BCUT2D eigenvalue weighted by Gasteiger charge is 2.10. The minimum absolute atomic E-state index is 0.0120. The molecule has 0 bridgehead atoms. The number of aromatic nitrogens is 2. The first-order valence-electron chi connectivity index (χ1n) is 9.57. The molecule has 0 aliphatic rings. The fourth-order valence-corrected chi connectivity index (χ4v) is 3.23. The molecule has 1 aromatic heterocycles. The molecule has 0 aliphatic carbocycles. The van der Waals surface area contributed by atoms with Crippen molar-refractivity contribution in [3.8, 4) is 0 Å². The summed E-state index contributed by atoms with van der Waals surface area (Å²) in [5, 5.41) is 3.00. The predicted octanol–water partition coefficient (Wildman–Crippen LogP) is 4.59. The molecule has 1 amide bonds. The molecule has 4 heteroatoms. The molecule has 4 nitrogen and oxygen atoms in total. The van der Waals surface area contributed by atoms with Crippen LogP contribution in [0, 0.1) is 0 Å². The first kappa shape index (κ1) is 18.2. The van der Waals surface area contributed by atoms with Crippen molar-refractivity contribution in [2.45, 2.75) is 45.6 Å². The topological polar surface area (TPSA) is 46.9 Å². The van der Waals surface area contributed by atoms with Crippen molar-refractivity contribution in [1.82, 2.24) is 14.9 Å². The molecule has 3 rings (SSSR count). The van der Waals surface area contributed by atoms with Gasteiger partial charge in [-0.3, -0.25) is 4.79 Å². The van der Waals surface area contributed by atoms with E-state index in [1.807, 2.05) is 36.4 Å². The maximum absolute atomic E-state index is 12.1. The predicted molar refractivity (Wildman–Crippen MR) is 106 cm³/mol. The molecule has 0 spiro atoms. The van der Waals surface area contributed by atoms with Crippen LogP contribution in [0.2, 0.25) is 0 Å². The van der Waals surface area contributed by atoms with Crippen molar-refractivity contribution in [2.75, 3.05) is 6.54 Å². The van der Waals surface area contributed by atoms with Crippen LogP contribution < -0.4 is 5.32 Å². The largest absolute Gasteiger partial charge is 0.352 e. The fourth-order valence-electron chi connectivity index (χ4n) is 3.23. The Kier molecular flexibility index (Phi) is 6.42. The number of imidazole rings is 1. The number of nitrogens with zero attached hydrogens (tertiary/aromatic N) is 2. The highest BCUT2D eigenvalue weighted by atomic mass is 16.1. The summed E-state index contributed by atoms with van der Waals surface area (Å²) >= 11 is 0. The van der Waals surface area contributed by atoms with E-state index in [4.69, 9.17) is 4.98 Å². The molecule has 1 N–H and O–H groups in total. The lowest BCUT2D eigenvalue weighted by Gasteiger charge is -2.09. The summed E-state index contributed by atoms with van der Waals surface area (Å²) in [7, 11) is 0. The average molecular weight is 349 g/mol. The third-order valence-corrected chi connectivity index (χ3v) is 4.62. The van der Waals surface area contributed by atoms with Crippen LogP contribution in [0.4, 0.5) is 0 Å². The molecule has 0 saturated carbocycles. The van der Waals surface area contributed by atoms with Crippen molar-refractivity contribution < 1.29 is 4.79 Å². The number of amides is 1. The summed E-state index contributed by atoms with van der Waals surface area (Å²) in [6.07, 6.45) is 5.38. The third-order valence-electron chi connectivity index (χ3n) is 4.62. The summed E-state index contributed by atoms with van der Waals surface area (Å²) in [5.74, 6) is 1.11. The van der Waals surface area contributed by atoms with Gasteiger partial charge < -0.3 is 9.88 Å². The Bertz CT molecular complexity index is 839. The molecule has 1 heterocycles. The Labute approximate surface area is 155 Å². The van der Waals surface area contributed by atoms with Crippen LogP contribution in [0.15, 0.2) is 54.6 Å². The molecule has 0 saturated heterocycles. The van der Waals surface area contributed by atoms with Crippen LogP contribution in [-0.2, 0) is 13.0 Å². The van der Waals surface area contributed by atoms with Gasteiger partial charge in [0.25, 0.3) is 5.91 Å². The monoisotopic (exact) mass is 349 g/mol. The van der Waals surface area contributed by atoms with E-state index in [0.717, 1.165) is 30.7 Å². The Morgan fingerprint density at radius 3 is 2.58 bits per heavy atom. The number of aryl methyl sites for hydroxylation is 2. The van der Waals surface area contributed by atoms with Gasteiger partial charge in [-0.05, 0) is 37.1 Å². The number of benzene rings is 2. The van der Waals surface area contributed by atoms with Gasteiger partial charge in [0.1, 0.15) is 5.82 Å². The summed E-state index contributed by atoms with van der Waals surface area (Å²) in [4.78, 5) is 16.9. The van der Waals surface area contributed by atoms with Crippen molar-refractivity contribution in [3.05, 3.63) is 66.0 Å². The highest BCUT2D eigenvalue weighted by Crippen LogP contribution is 2.18. The van der Waals surface area contributed by atoms with Crippen LogP contribution >= 0.6 is 0 Å². The summed E-state index contributed by atoms with van der Waals surface area (Å²) in [5.41, 5.74) is 2.98. The molecule has 3 aromatic rings. The third kappa shape index (κ3) is 4.51. The number of rotatable bonds is 9. The number of nitrogens with one attached hydrogen (secondary N) is 1. The van der Waals surface area contributed by atoms with Crippen molar-refractivity contribution in [2.24, 2.45) is 0 Å². The Morgan fingerprint density at radius 1 is 1.00 bits per heavy atom. The number of carbonyl (C=O) groups is 1. The van der Waals surface area contributed by atoms with Gasteiger partial charge >= 0.3 is 0 Å². The van der Waals surface area contributed by atoms with E-state index in [9.17, 15) is 4.79 Å². The first-order valence-corrected chi connectivity index (χ1v) is 9.57. The van der Waals surface area contributed by atoms with Gasteiger partial charge in [0.05, 0.1) is 11.0 Å². The van der Waals surface area contributed by atoms with E-state index >= 15 is 0 Å². The lowest BCUT2D eigenvalue weighted by molar-refractivity contribution is 0.0953. The van der Waals surface area contributed by atoms with E-state index in [0.29, 0.717) is 12.1 Å². The van der Waals surface area contributed by atoms with Crippen molar-refractivity contribution in [3.63, 3.8) is 0 Å². The van der Waals surface area contributed by atoms with Gasteiger partial charge in [0, 0.05) is 25.1 Å². The second kappa shape index (κ2) is 9.18. The van der Waals surface area contributed by atoms with Gasteiger partial charge in [0.15, 0.2) is 0 Å². The summed E-state index contributed by atoms with van der Waals surface area (Å²) in [6, 6.07) is 17.7. The standard InChI is InChI=1S/C22H27N3O/c1-2-3-9-17-25-20-14-8-7-13-19(20)24-21(25)15-10-16-23-22(26)18-11-5-4-6-12-18/h4-8,11-14H,2-3,9-10,15-17H2,1H3,(H,23,26). The van der Waals surface area contributed by atoms with Gasteiger partial charge in [-0.15, -0.1) is 0 Å². The fraction of sp³-hybridized carbons (Fsp3) is 0.364. The molecule has 0 fully saturated rings. The van der Waals surface area contributed by atoms with Crippen LogP contribution in [0.25, 0.3) is 11.0 Å². The zero-order valence-electron chi connectivity index (χ0n) is 15.4. The molecule has 0 atom stereocenters. The van der Waals surface area contributed by atoms with Gasteiger partial charge in [-0.25, -0.2) is 4.98 Å². The maximum atomic E-state index is 12.1. The zero-order chi connectivity index (χ0) is 18.2. The lowest BCUT2D eigenvalue weighted by Crippen LogP contribution is -2.24. The van der Waals surface area contributed by atoms with E-state index in [1.54, 1.807) is 0 Å². The maximum Gasteiger partial charge on any atom is 0.251 e. The number of para-hydroxylation sites is 2. The molecule has 2 aromatic carbocycles. The normalized spacial score (nSPS) is 11.0. The molecule has 0 radical (unpaired) electrons. The molecule has 0 aliphatic heterocycles. The van der Waals surface area contributed by atoms with E-state index < -0.39 is 0 Å². The van der Waals surface area contributed by atoms with E-state index in [1.165, 1.54) is 24.8 Å². The van der Waals surface area contributed by atoms with Gasteiger partial charge in [-0.2, -0.15) is 0 Å². The van der Waals surface area contributed by atoms with Crippen LogP contribution in [-0.4, -0.2) is 22.0 Å². The number of hydrogen-bond donors (Lipinski definition) is 1. The number of unbranched alkanes of at least 4 members (excludes halogenated alkanes) is 2. The molecule has 136 valence electrons. The van der Waals surface area contributed by atoms with Crippen LogP contribution in [0.1, 0.15) is 48.8 Å². The number of carbonyl (C=O) groups excluding carboxylic acids is 1. The number of hydrogen-bond acceptors (Lipinski definition) is 2. The van der Waals surface area contributed by atoms with Crippen LogP contribution in [0.5, 0.6) is 0 Å². The molecule has 0 unspecified atom stereocenters. The Morgan fingerprint density at radius 2 is 1.77 bits per heavy atom. The Hall–Kier alpha value is -2.62. The summed E-state index contributed by atoms with van der Waals surface area (Å²) in [6.45, 7) is 3.90. The van der Waals surface area contributed by atoms with Gasteiger partial charge in [-0.1, -0.05) is 50.1 Å². The van der Waals surface area contributed by atoms with Crippen molar-refractivity contribution in [1.29, 1.82) is 0 Å². The second-order valence-electron chi connectivity index (χ2n) is 6.60. The number of fused-ring (bicyclic) bond motifs is 1. The minimum Gasteiger partial charge on any atom is -0.352 e. The molecular weight excluding hydrogens is 322 g/mol. The van der Waals surface area contributed by atoms with E-state index in [-0.39, 0.29) is 5.91 Å². The SMILES string of the molecule is CCCCCn1c(CCCNC(=O)c2ccccc2)nc2ccccc21. The first-order chi connectivity index (χ1) is 12.8. The highest BCUT2D eigenvalue weighted by molar-refractivity contribution is 5.94. The minimum atomic E-state index is -0.0120. The van der Waals surface area contributed by atoms with Crippen LogP contribution in [0.3, 0.4) is 0 Å². The van der Waals surface area contributed by atoms with Gasteiger partial charge in [0.2, 0.25) is 0 Å². The van der Waals surface area contributed by atoms with Crippen molar-refractivity contribution >= 4 is 16.9 Å². The zero-order valence-corrected chi connectivity index (χ0v) is 15.4. The smallest absolute Gasteiger partial charge is 0.251 e. The lowest BCUT2D eigenvalue weighted by atomic mass is 10.2. The average Bonchev–Trinajstić information content (AvgIpc) is 3.03. The summed E-state index contributed by atoms with van der Waals surface area (Å²) < 4.78 is 2.35.